The van der Waals surface area contributed by atoms with Crippen LogP contribution < -0.4 is 5.43 Å². The van der Waals surface area contributed by atoms with Crippen molar-refractivity contribution in [3.63, 3.8) is 0 Å². The summed E-state index contributed by atoms with van der Waals surface area (Å²) in [5.74, 6) is -2.08. The molecule has 0 amide bonds. The molecule has 1 aromatic heterocycles. The van der Waals surface area contributed by atoms with Gasteiger partial charge in [-0.05, 0) is 6.92 Å². The number of aromatic nitrogens is 1. The standard InChI is InChI=1S/C11H8F2N4O2S/c1-6-5-20-11(15-6)16-14-4-8-9(13)2-7(12)3-10(8)17(18)19/h2-5H,1H3,(H,15,16). The van der Waals surface area contributed by atoms with Crippen molar-refractivity contribution in [1.29, 1.82) is 0 Å². The minimum Gasteiger partial charge on any atom is -0.258 e. The van der Waals surface area contributed by atoms with Crippen LogP contribution in [0.4, 0.5) is 19.6 Å². The van der Waals surface area contributed by atoms with Crippen molar-refractivity contribution in [2.45, 2.75) is 6.92 Å². The molecule has 0 atom stereocenters. The maximum absolute atomic E-state index is 13.5. The molecule has 1 heterocycles. The van der Waals surface area contributed by atoms with Crippen LogP contribution in [-0.4, -0.2) is 16.1 Å². The number of nitro benzene ring substituents is 1. The van der Waals surface area contributed by atoms with E-state index in [-0.39, 0.29) is 0 Å². The summed E-state index contributed by atoms with van der Waals surface area (Å²) in [6.45, 7) is 1.79. The first-order chi connectivity index (χ1) is 9.47. The van der Waals surface area contributed by atoms with Crippen molar-refractivity contribution in [3.8, 4) is 0 Å². The Kier molecular flexibility index (Phi) is 3.99. The number of aryl methyl sites for hydroxylation is 1. The van der Waals surface area contributed by atoms with E-state index in [9.17, 15) is 18.9 Å². The van der Waals surface area contributed by atoms with Gasteiger partial charge in [-0.2, -0.15) is 5.10 Å². The fourth-order valence-electron chi connectivity index (χ4n) is 1.41. The Balaban J connectivity index is 2.26. The highest BCUT2D eigenvalue weighted by Crippen LogP contribution is 2.22. The van der Waals surface area contributed by atoms with Crippen LogP contribution in [0.5, 0.6) is 0 Å². The second-order valence-electron chi connectivity index (χ2n) is 3.74. The van der Waals surface area contributed by atoms with Crippen LogP contribution in [0.15, 0.2) is 22.6 Å². The van der Waals surface area contributed by atoms with Crippen molar-refractivity contribution in [1.82, 2.24) is 4.98 Å². The normalized spacial score (nSPS) is 10.9. The van der Waals surface area contributed by atoms with Crippen LogP contribution in [0.2, 0.25) is 0 Å². The van der Waals surface area contributed by atoms with Gasteiger partial charge < -0.3 is 0 Å². The minimum absolute atomic E-state index is 0.405. The summed E-state index contributed by atoms with van der Waals surface area (Å²) in [5.41, 5.74) is 2.20. The van der Waals surface area contributed by atoms with Gasteiger partial charge in [-0.1, -0.05) is 0 Å². The van der Waals surface area contributed by atoms with Crippen molar-refractivity contribution >= 4 is 28.4 Å². The third-order valence-corrected chi connectivity index (χ3v) is 3.11. The summed E-state index contributed by atoms with van der Waals surface area (Å²) < 4.78 is 26.5. The van der Waals surface area contributed by atoms with Gasteiger partial charge in [0.15, 0.2) is 0 Å². The minimum atomic E-state index is -1.06. The smallest absolute Gasteiger partial charge is 0.258 e. The number of halogens is 2. The number of nitro groups is 1. The van der Waals surface area contributed by atoms with Gasteiger partial charge in [0.2, 0.25) is 5.13 Å². The maximum Gasteiger partial charge on any atom is 0.284 e. The van der Waals surface area contributed by atoms with E-state index in [1.807, 2.05) is 0 Å². The number of hydrogen-bond donors (Lipinski definition) is 1. The van der Waals surface area contributed by atoms with Gasteiger partial charge in [0, 0.05) is 11.4 Å². The van der Waals surface area contributed by atoms with Crippen LogP contribution in [0.3, 0.4) is 0 Å². The molecule has 104 valence electrons. The molecule has 0 radical (unpaired) electrons. The van der Waals surface area contributed by atoms with E-state index in [0.29, 0.717) is 17.3 Å². The third kappa shape index (κ3) is 3.12. The summed E-state index contributed by atoms with van der Waals surface area (Å²) >= 11 is 1.28. The lowest BCUT2D eigenvalue weighted by Gasteiger charge is -2.00. The van der Waals surface area contributed by atoms with Crippen molar-refractivity contribution in [2.24, 2.45) is 5.10 Å². The quantitative estimate of drug-likeness (QED) is 0.534. The molecule has 0 fully saturated rings. The topological polar surface area (TPSA) is 80.4 Å². The highest BCUT2D eigenvalue weighted by atomic mass is 32.1. The molecular weight excluding hydrogens is 290 g/mol. The van der Waals surface area contributed by atoms with Crippen LogP contribution >= 0.6 is 11.3 Å². The Labute approximate surface area is 115 Å². The zero-order valence-corrected chi connectivity index (χ0v) is 10.9. The second kappa shape index (κ2) is 5.70. The van der Waals surface area contributed by atoms with Gasteiger partial charge in [0.05, 0.1) is 22.9 Å². The Bertz CT molecular complexity index is 687. The summed E-state index contributed by atoms with van der Waals surface area (Å²) in [6, 6.07) is 1.19. The number of hydrazone groups is 1. The first-order valence-electron chi connectivity index (χ1n) is 5.32. The van der Waals surface area contributed by atoms with E-state index in [0.717, 1.165) is 11.9 Å². The number of nitrogens with one attached hydrogen (secondary N) is 1. The van der Waals surface area contributed by atoms with Gasteiger partial charge in [-0.15, -0.1) is 11.3 Å². The molecule has 2 rings (SSSR count). The molecule has 0 aliphatic heterocycles. The molecule has 1 aromatic carbocycles. The average Bonchev–Trinajstić information content (AvgIpc) is 2.77. The lowest BCUT2D eigenvalue weighted by atomic mass is 10.2. The maximum atomic E-state index is 13.5. The largest absolute Gasteiger partial charge is 0.284 e. The van der Waals surface area contributed by atoms with Crippen molar-refractivity contribution < 1.29 is 13.7 Å². The molecule has 0 aliphatic carbocycles. The van der Waals surface area contributed by atoms with Crippen molar-refractivity contribution in [2.75, 3.05) is 5.43 Å². The van der Waals surface area contributed by atoms with Gasteiger partial charge >= 0.3 is 0 Å². The average molecular weight is 298 g/mol. The van der Waals surface area contributed by atoms with E-state index < -0.39 is 27.8 Å². The van der Waals surface area contributed by atoms with Gasteiger partial charge in [0.1, 0.15) is 17.2 Å². The van der Waals surface area contributed by atoms with E-state index in [2.05, 4.69) is 15.5 Å². The molecule has 0 unspecified atom stereocenters. The summed E-state index contributed by atoms with van der Waals surface area (Å²) in [4.78, 5) is 13.9. The Morgan fingerprint density at radius 2 is 2.25 bits per heavy atom. The Morgan fingerprint density at radius 1 is 1.50 bits per heavy atom. The van der Waals surface area contributed by atoms with Gasteiger partial charge in [-0.3, -0.25) is 15.5 Å². The molecule has 0 saturated carbocycles. The zero-order chi connectivity index (χ0) is 14.7. The number of nitrogens with zero attached hydrogens (tertiary/aromatic N) is 3. The van der Waals surface area contributed by atoms with Crippen LogP contribution in [-0.2, 0) is 0 Å². The lowest BCUT2D eigenvalue weighted by Crippen LogP contribution is -2.01. The lowest BCUT2D eigenvalue weighted by molar-refractivity contribution is -0.385. The number of hydrogen-bond acceptors (Lipinski definition) is 6. The highest BCUT2D eigenvalue weighted by molar-refractivity contribution is 7.13. The first-order valence-corrected chi connectivity index (χ1v) is 6.20. The van der Waals surface area contributed by atoms with Gasteiger partial charge in [0.25, 0.3) is 5.69 Å². The van der Waals surface area contributed by atoms with E-state index in [4.69, 9.17) is 0 Å². The summed E-state index contributed by atoms with van der Waals surface area (Å²) in [5, 5.41) is 16.6. The number of anilines is 1. The Morgan fingerprint density at radius 3 is 2.85 bits per heavy atom. The highest BCUT2D eigenvalue weighted by Gasteiger charge is 2.18. The molecule has 0 saturated heterocycles. The molecular formula is C11H8F2N4O2S. The first kappa shape index (κ1) is 14.0. The molecule has 0 aliphatic rings. The summed E-state index contributed by atoms with van der Waals surface area (Å²) in [7, 11) is 0. The van der Waals surface area contributed by atoms with E-state index >= 15 is 0 Å². The number of benzene rings is 1. The molecule has 0 spiro atoms. The Hall–Kier alpha value is -2.42. The summed E-state index contributed by atoms with van der Waals surface area (Å²) in [6.07, 6.45) is 0.920. The predicted molar refractivity (Wildman–Crippen MR) is 71.1 cm³/mol. The van der Waals surface area contributed by atoms with Crippen molar-refractivity contribution in [3.05, 3.63) is 50.5 Å². The number of rotatable bonds is 4. The monoisotopic (exact) mass is 298 g/mol. The van der Waals surface area contributed by atoms with E-state index in [1.54, 1.807) is 12.3 Å². The third-order valence-electron chi connectivity index (χ3n) is 2.24. The van der Waals surface area contributed by atoms with Crippen LogP contribution in [0.25, 0.3) is 0 Å². The van der Waals surface area contributed by atoms with Gasteiger partial charge in [-0.25, -0.2) is 13.8 Å². The predicted octanol–water partition coefficient (Wildman–Crippen LogP) is 3.08. The number of thiazole rings is 1. The van der Waals surface area contributed by atoms with Crippen LogP contribution in [0, 0.1) is 28.7 Å². The molecule has 20 heavy (non-hydrogen) atoms. The molecule has 1 N–H and O–H groups in total. The second-order valence-corrected chi connectivity index (χ2v) is 4.60. The molecule has 9 heteroatoms. The van der Waals surface area contributed by atoms with E-state index in [1.165, 1.54) is 11.3 Å². The van der Waals surface area contributed by atoms with Crippen LogP contribution in [0.1, 0.15) is 11.3 Å². The molecule has 0 bridgehead atoms. The molecule has 6 nitrogen and oxygen atoms in total. The fraction of sp³-hybridized carbons (Fsp3) is 0.0909. The zero-order valence-electron chi connectivity index (χ0n) is 10.1. The molecule has 2 aromatic rings. The fourth-order valence-corrected chi connectivity index (χ4v) is 2.04. The SMILES string of the molecule is Cc1csc(NN=Cc2c(F)cc(F)cc2[N+](=O)[O-])n1.